The molecule has 6 heteroatoms. The number of rotatable bonds is 1. The summed E-state index contributed by atoms with van der Waals surface area (Å²) in [5, 5.41) is 0. The minimum absolute atomic E-state index is 0.0220. The Morgan fingerprint density at radius 2 is 2.07 bits per heavy atom. The second-order valence-electron chi connectivity index (χ2n) is 2.87. The zero-order chi connectivity index (χ0) is 10.9. The van der Waals surface area contributed by atoms with Gasteiger partial charge in [-0.15, -0.1) is 0 Å². The Bertz CT molecular complexity index is 448. The number of aromatic nitrogens is 3. The van der Waals surface area contributed by atoms with E-state index < -0.39 is 11.7 Å². The second-order valence-corrected chi connectivity index (χ2v) is 2.87. The SMILES string of the molecule is FC(F)(F)c1ccncc1-c1c[nH]cn1. The molecule has 0 aliphatic rings. The third kappa shape index (κ3) is 1.83. The van der Waals surface area contributed by atoms with Crippen LogP contribution >= 0.6 is 0 Å². The van der Waals surface area contributed by atoms with Crippen LogP contribution < -0.4 is 0 Å². The van der Waals surface area contributed by atoms with E-state index in [1.807, 2.05) is 0 Å². The number of pyridine rings is 1. The molecule has 0 fully saturated rings. The van der Waals surface area contributed by atoms with E-state index in [-0.39, 0.29) is 11.3 Å². The lowest BCUT2D eigenvalue weighted by Crippen LogP contribution is -2.07. The van der Waals surface area contributed by atoms with Gasteiger partial charge in [0.15, 0.2) is 0 Å². The first kappa shape index (κ1) is 9.70. The Morgan fingerprint density at radius 1 is 1.27 bits per heavy atom. The van der Waals surface area contributed by atoms with Gasteiger partial charge in [0.25, 0.3) is 0 Å². The third-order valence-electron chi connectivity index (χ3n) is 1.90. The highest BCUT2D eigenvalue weighted by molar-refractivity contribution is 5.62. The molecule has 0 radical (unpaired) electrons. The zero-order valence-corrected chi connectivity index (χ0v) is 7.42. The summed E-state index contributed by atoms with van der Waals surface area (Å²) in [4.78, 5) is 10.0. The predicted molar refractivity (Wildman–Crippen MR) is 46.8 cm³/mol. The molecule has 78 valence electrons. The predicted octanol–water partition coefficient (Wildman–Crippen LogP) is 2.49. The van der Waals surface area contributed by atoms with E-state index in [4.69, 9.17) is 0 Å². The third-order valence-corrected chi connectivity index (χ3v) is 1.90. The molecule has 3 nitrogen and oxygen atoms in total. The largest absolute Gasteiger partial charge is 0.417 e. The molecule has 0 bridgehead atoms. The van der Waals surface area contributed by atoms with Gasteiger partial charge in [-0.3, -0.25) is 4.98 Å². The molecule has 0 saturated carbocycles. The molecule has 0 spiro atoms. The number of nitrogens with zero attached hydrogens (tertiary/aromatic N) is 2. The van der Waals surface area contributed by atoms with Crippen LogP contribution in [0.5, 0.6) is 0 Å². The summed E-state index contributed by atoms with van der Waals surface area (Å²) >= 11 is 0. The lowest BCUT2D eigenvalue weighted by molar-refractivity contribution is -0.137. The summed E-state index contributed by atoms with van der Waals surface area (Å²) in [6.45, 7) is 0. The summed E-state index contributed by atoms with van der Waals surface area (Å²) in [6, 6.07) is 0.935. The van der Waals surface area contributed by atoms with Gasteiger partial charge in [0.2, 0.25) is 0 Å². The highest BCUT2D eigenvalue weighted by Gasteiger charge is 2.33. The summed E-state index contributed by atoms with van der Waals surface area (Å²) in [6.07, 6.45) is 0.587. The highest BCUT2D eigenvalue weighted by atomic mass is 19.4. The number of halogens is 3. The smallest absolute Gasteiger partial charge is 0.351 e. The fraction of sp³-hybridized carbons (Fsp3) is 0.111. The molecule has 2 aromatic heterocycles. The number of hydrogen-bond acceptors (Lipinski definition) is 2. The summed E-state index contributed by atoms with van der Waals surface area (Å²) in [5.74, 6) is 0. The topological polar surface area (TPSA) is 41.6 Å². The van der Waals surface area contributed by atoms with Crippen LogP contribution in [-0.4, -0.2) is 15.0 Å². The van der Waals surface area contributed by atoms with Crippen molar-refractivity contribution < 1.29 is 13.2 Å². The quantitative estimate of drug-likeness (QED) is 0.790. The molecular weight excluding hydrogens is 207 g/mol. The van der Waals surface area contributed by atoms with Gasteiger partial charge >= 0.3 is 6.18 Å². The van der Waals surface area contributed by atoms with Gasteiger partial charge in [0, 0.05) is 24.2 Å². The first-order valence-corrected chi connectivity index (χ1v) is 4.09. The normalized spacial score (nSPS) is 11.7. The van der Waals surface area contributed by atoms with Gasteiger partial charge < -0.3 is 4.98 Å². The summed E-state index contributed by atoms with van der Waals surface area (Å²) in [7, 11) is 0. The molecule has 2 rings (SSSR count). The van der Waals surface area contributed by atoms with Crippen molar-refractivity contribution in [3.05, 3.63) is 36.5 Å². The average molecular weight is 213 g/mol. The first-order valence-electron chi connectivity index (χ1n) is 4.09. The first-order chi connectivity index (χ1) is 7.09. The molecule has 0 atom stereocenters. The van der Waals surface area contributed by atoms with Crippen molar-refractivity contribution in [3.63, 3.8) is 0 Å². The molecule has 0 amide bonds. The summed E-state index contributed by atoms with van der Waals surface area (Å²) < 4.78 is 37.7. The second kappa shape index (κ2) is 3.38. The molecule has 2 heterocycles. The van der Waals surface area contributed by atoms with Gasteiger partial charge in [0.05, 0.1) is 17.6 Å². The van der Waals surface area contributed by atoms with E-state index >= 15 is 0 Å². The number of imidazole rings is 1. The number of H-pyrrole nitrogens is 1. The van der Waals surface area contributed by atoms with Gasteiger partial charge in [-0.05, 0) is 6.07 Å². The fourth-order valence-electron chi connectivity index (χ4n) is 1.25. The Morgan fingerprint density at radius 3 is 2.67 bits per heavy atom. The van der Waals surface area contributed by atoms with E-state index in [0.717, 1.165) is 18.5 Å². The maximum absolute atomic E-state index is 12.6. The minimum atomic E-state index is -4.39. The molecule has 0 aliphatic carbocycles. The Labute approximate surface area is 83.0 Å². The Kier molecular flexibility index (Phi) is 2.18. The maximum atomic E-state index is 12.6. The monoisotopic (exact) mass is 213 g/mol. The summed E-state index contributed by atoms with van der Waals surface area (Å²) in [5.41, 5.74) is -0.522. The Hall–Kier alpha value is -1.85. The van der Waals surface area contributed by atoms with Gasteiger partial charge in [-0.25, -0.2) is 4.98 Å². The lowest BCUT2D eigenvalue weighted by atomic mass is 10.1. The van der Waals surface area contributed by atoms with Crippen molar-refractivity contribution in [3.8, 4) is 11.3 Å². The van der Waals surface area contributed by atoms with Gasteiger partial charge in [-0.2, -0.15) is 13.2 Å². The number of alkyl halides is 3. The van der Waals surface area contributed by atoms with Gasteiger partial charge in [0.1, 0.15) is 0 Å². The minimum Gasteiger partial charge on any atom is -0.351 e. The van der Waals surface area contributed by atoms with E-state index in [1.165, 1.54) is 12.5 Å². The lowest BCUT2D eigenvalue weighted by Gasteiger charge is -2.09. The van der Waals surface area contributed by atoms with E-state index in [1.54, 1.807) is 0 Å². The maximum Gasteiger partial charge on any atom is 0.417 e. The number of aromatic amines is 1. The van der Waals surface area contributed by atoms with Crippen molar-refractivity contribution in [2.75, 3.05) is 0 Å². The molecule has 0 aliphatic heterocycles. The van der Waals surface area contributed by atoms with Crippen LogP contribution in [-0.2, 0) is 6.18 Å². The van der Waals surface area contributed by atoms with Crippen molar-refractivity contribution >= 4 is 0 Å². The fourth-order valence-corrected chi connectivity index (χ4v) is 1.25. The molecule has 0 saturated heterocycles. The molecule has 0 unspecified atom stereocenters. The molecule has 15 heavy (non-hydrogen) atoms. The van der Waals surface area contributed by atoms with E-state index in [0.29, 0.717) is 0 Å². The molecule has 0 aromatic carbocycles. The van der Waals surface area contributed by atoms with Gasteiger partial charge in [-0.1, -0.05) is 0 Å². The van der Waals surface area contributed by atoms with Crippen LogP contribution in [0, 0.1) is 0 Å². The van der Waals surface area contributed by atoms with Crippen LogP contribution in [0.15, 0.2) is 31.0 Å². The van der Waals surface area contributed by atoms with Crippen LogP contribution in [0.4, 0.5) is 13.2 Å². The molecular formula is C9H6F3N3. The number of nitrogens with one attached hydrogen (secondary N) is 1. The van der Waals surface area contributed by atoms with E-state index in [2.05, 4.69) is 15.0 Å². The van der Waals surface area contributed by atoms with Crippen molar-refractivity contribution in [2.24, 2.45) is 0 Å². The van der Waals surface area contributed by atoms with Crippen LogP contribution in [0.1, 0.15) is 5.56 Å². The molecule has 2 aromatic rings. The van der Waals surface area contributed by atoms with Crippen LogP contribution in [0.25, 0.3) is 11.3 Å². The Balaban J connectivity index is 2.58. The van der Waals surface area contributed by atoms with Crippen molar-refractivity contribution in [2.45, 2.75) is 6.18 Å². The van der Waals surface area contributed by atoms with Crippen molar-refractivity contribution in [1.29, 1.82) is 0 Å². The average Bonchev–Trinajstić information content (AvgIpc) is 2.69. The van der Waals surface area contributed by atoms with Crippen LogP contribution in [0.3, 0.4) is 0 Å². The number of hydrogen-bond donors (Lipinski definition) is 1. The zero-order valence-electron chi connectivity index (χ0n) is 7.42. The standard InChI is InChI=1S/C9H6F3N3/c10-9(11,12)7-1-2-13-3-6(7)8-4-14-5-15-8/h1-5H,(H,14,15). The molecule has 1 N–H and O–H groups in total. The highest BCUT2D eigenvalue weighted by Crippen LogP contribution is 2.35. The van der Waals surface area contributed by atoms with Crippen molar-refractivity contribution in [1.82, 2.24) is 15.0 Å². The van der Waals surface area contributed by atoms with Crippen LogP contribution in [0.2, 0.25) is 0 Å². The van der Waals surface area contributed by atoms with E-state index in [9.17, 15) is 13.2 Å².